The third-order valence-electron chi connectivity index (χ3n) is 9.87. The van der Waals surface area contributed by atoms with E-state index in [4.69, 9.17) is 16.6 Å². The Kier molecular flexibility index (Phi) is 7.95. The van der Waals surface area contributed by atoms with Crippen LogP contribution in [0.5, 0.6) is 0 Å². The van der Waals surface area contributed by atoms with E-state index < -0.39 is 5.60 Å². The lowest BCUT2D eigenvalue weighted by Gasteiger charge is -2.40. The summed E-state index contributed by atoms with van der Waals surface area (Å²) in [5.74, 6) is 0.615. The number of anilines is 3. The van der Waals surface area contributed by atoms with E-state index in [9.17, 15) is 9.90 Å². The summed E-state index contributed by atoms with van der Waals surface area (Å²) < 4.78 is 1.78. The molecule has 0 aliphatic carbocycles. The number of rotatable bonds is 6. The summed E-state index contributed by atoms with van der Waals surface area (Å²) in [5, 5.41) is 20.0. The van der Waals surface area contributed by atoms with Gasteiger partial charge in [0.15, 0.2) is 5.65 Å². The highest BCUT2D eigenvalue weighted by Crippen LogP contribution is 2.36. The molecule has 0 saturated carbocycles. The summed E-state index contributed by atoms with van der Waals surface area (Å²) in [6.07, 6.45) is 8.93. The largest absolute Gasteiger partial charge is 0.385 e. The number of fused-ring (bicyclic) bond motifs is 1. The van der Waals surface area contributed by atoms with Crippen LogP contribution in [-0.2, 0) is 5.60 Å². The van der Waals surface area contributed by atoms with Crippen molar-refractivity contribution in [3.05, 3.63) is 83.0 Å². The van der Waals surface area contributed by atoms with E-state index in [0.717, 1.165) is 54.1 Å². The number of hydrogen-bond acceptors (Lipinski definition) is 7. The number of aromatic nitrogens is 3. The van der Waals surface area contributed by atoms with Gasteiger partial charge in [-0.05, 0) is 106 Å². The molecule has 0 radical (unpaired) electrons. The Labute approximate surface area is 263 Å². The lowest BCUT2D eigenvalue weighted by atomic mass is 9.84. The number of benzene rings is 2. The minimum atomic E-state index is -0.873. The standard InChI is InChI=1S/C34H40ClN7O2/c1-39-19-3-2-6-28(39)29-7-4-20-41(29)32(43)24-9-15-27(16-10-24)36-33-37-31-30(8-5-21-42(31)38-33)40-22-17-34(44,18-23-40)25-11-13-26(35)14-12-25/h5,8-16,21,28-29,44H,2-4,6-7,17-20,22-23H2,1H3,(H,36,38). The van der Waals surface area contributed by atoms with Gasteiger partial charge in [-0.2, -0.15) is 4.98 Å². The van der Waals surface area contributed by atoms with Crippen LogP contribution in [0.4, 0.5) is 17.3 Å². The third-order valence-corrected chi connectivity index (χ3v) is 10.1. The fraction of sp³-hybridized carbons (Fsp3) is 0.441. The van der Waals surface area contributed by atoms with Crippen LogP contribution >= 0.6 is 11.6 Å². The molecular weight excluding hydrogens is 574 g/mol. The lowest BCUT2D eigenvalue weighted by Crippen LogP contribution is -2.51. The van der Waals surface area contributed by atoms with E-state index in [0.29, 0.717) is 49.0 Å². The molecule has 3 saturated heterocycles. The van der Waals surface area contributed by atoms with Crippen molar-refractivity contribution in [1.82, 2.24) is 24.4 Å². The molecule has 230 valence electrons. The monoisotopic (exact) mass is 613 g/mol. The number of likely N-dealkylation sites (tertiary alicyclic amines) is 2. The second-order valence-corrected chi connectivity index (χ2v) is 13.0. The van der Waals surface area contributed by atoms with Crippen LogP contribution in [0, 0.1) is 0 Å². The van der Waals surface area contributed by atoms with Crippen LogP contribution in [0.25, 0.3) is 5.65 Å². The predicted octanol–water partition coefficient (Wildman–Crippen LogP) is 5.70. The SMILES string of the molecule is CN1CCCCC1C1CCCN1C(=O)c1ccc(Nc2nc3c(N4CCC(O)(c5ccc(Cl)cc5)CC4)cccn3n2)cc1. The van der Waals surface area contributed by atoms with Gasteiger partial charge in [0.1, 0.15) is 0 Å². The topological polar surface area (TPSA) is 89.2 Å². The highest BCUT2D eigenvalue weighted by atomic mass is 35.5. The molecule has 9 nitrogen and oxygen atoms in total. The van der Waals surface area contributed by atoms with E-state index in [-0.39, 0.29) is 5.91 Å². The maximum atomic E-state index is 13.5. The predicted molar refractivity (Wildman–Crippen MR) is 174 cm³/mol. The van der Waals surface area contributed by atoms with Crippen LogP contribution in [-0.4, -0.2) is 80.7 Å². The number of nitrogens with one attached hydrogen (secondary N) is 1. The Morgan fingerprint density at radius 2 is 1.68 bits per heavy atom. The van der Waals surface area contributed by atoms with E-state index in [2.05, 4.69) is 38.2 Å². The molecule has 1 amide bonds. The van der Waals surface area contributed by atoms with Gasteiger partial charge in [0, 0.05) is 54.2 Å². The number of amides is 1. The van der Waals surface area contributed by atoms with E-state index in [1.807, 2.05) is 60.8 Å². The molecule has 3 aliphatic heterocycles. The molecule has 2 N–H and O–H groups in total. The Hall–Kier alpha value is -3.66. The molecule has 0 bridgehead atoms. The first-order chi connectivity index (χ1) is 21.4. The van der Waals surface area contributed by atoms with Crippen molar-refractivity contribution in [3.8, 4) is 0 Å². The molecule has 7 rings (SSSR count). The Balaban J connectivity index is 1.02. The molecule has 3 fully saturated rings. The lowest BCUT2D eigenvalue weighted by molar-refractivity contribution is 0.0118. The molecule has 2 aromatic carbocycles. The second-order valence-electron chi connectivity index (χ2n) is 12.6. The number of piperidine rings is 2. The number of hydrogen-bond donors (Lipinski definition) is 2. The minimum Gasteiger partial charge on any atom is -0.385 e. The number of likely N-dealkylation sites (N-methyl/N-ethyl adjacent to an activating group) is 1. The van der Waals surface area contributed by atoms with Gasteiger partial charge in [-0.15, -0.1) is 5.10 Å². The summed E-state index contributed by atoms with van der Waals surface area (Å²) in [4.78, 5) is 25.2. The number of halogens is 1. The van der Waals surface area contributed by atoms with Crippen molar-refractivity contribution in [2.24, 2.45) is 0 Å². The smallest absolute Gasteiger partial charge is 0.254 e. The molecule has 4 aromatic rings. The van der Waals surface area contributed by atoms with Gasteiger partial charge in [0.05, 0.1) is 11.3 Å². The summed E-state index contributed by atoms with van der Waals surface area (Å²) in [6.45, 7) is 3.34. The molecular formula is C34H40ClN7O2. The summed E-state index contributed by atoms with van der Waals surface area (Å²) in [6, 6.07) is 19.9. The zero-order chi connectivity index (χ0) is 30.3. The van der Waals surface area contributed by atoms with Gasteiger partial charge >= 0.3 is 0 Å². The Bertz CT molecular complexity index is 1620. The zero-order valence-electron chi connectivity index (χ0n) is 25.2. The minimum absolute atomic E-state index is 0.123. The van der Waals surface area contributed by atoms with Crippen molar-refractivity contribution in [2.45, 2.75) is 62.6 Å². The maximum Gasteiger partial charge on any atom is 0.254 e. The quantitative estimate of drug-likeness (QED) is 0.288. The van der Waals surface area contributed by atoms with Crippen molar-refractivity contribution in [1.29, 1.82) is 0 Å². The number of carbonyl (C=O) groups is 1. The molecule has 2 unspecified atom stereocenters. The molecule has 10 heteroatoms. The zero-order valence-corrected chi connectivity index (χ0v) is 26.0. The summed E-state index contributed by atoms with van der Waals surface area (Å²) in [7, 11) is 2.20. The molecule has 0 spiro atoms. The van der Waals surface area contributed by atoms with Crippen molar-refractivity contribution < 1.29 is 9.90 Å². The van der Waals surface area contributed by atoms with Gasteiger partial charge < -0.3 is 25.1 Å². The van der Waals surface area contributed by atoms with Crippen molar-refractivity contribution in [3.63, 3.8) is 0 Å². The first-order valence-corrected chi connectivity index (χ1v) is 16.2. The summed E-state index contributed by atoms with van der Waals surface area (Å²) in [5.41, 5.74) is 3.31. The number of carbonyl (C=O) groups excluding carboxylic acids is 1. The summed E-state index contributed by atoms with van der Waals surface area (Å²) >= 11 is 6.06. The average Bonchev–Trinajstić information content (AvgIpc) is 3.69. The molecule has 2 atom stereocenters. The first kappa shape index (κ1) is 29.1. The first-order valence-electron chi connectivity index (χ1n) is 15.9. The van der Waals surface area contributed by atoms with Gasteiger partial charge in [-0.1, -0.05) is 30.2 Å². The number of aliphatic hydroxyl groups is 1. The van der Waals surface area contributed by atoms with Crippen LogP contribution in [0.15, 0.2) is 66.9 Å². The van der Waals surface area contributed by atoms with Gasteiger partial charge in [-0.3, -0.25) is 4.79 Å². The highest BCUT2D eigenvalue weighted by Gasteiger charge is 2.38. The normalized spacial score (nSPS) is 22.4. The third kappa shape index (κ3) is 5.64. The van der Waals surface area contributed by atoms with Gasteiger partial charge in [-0.25, -0.2) is 4.52 Å². The second kappa shape index (κ2) is 12.0. The Morgan fingerprint density at radius 3 is 2.43 bits per heavy atom. The van der Waals surface area contributed by atoms with Crippen molar-refractivity contribution in [2.75, 3.05) is 43.4 Å². The van der Waals surface area contributed by atoms with Gasteiger partial charge in [0.25, 0.3) is 5.91 Å². The van der Waals surface area contributed by atoms with Gasteiger partial charge in [0.2, 0.25) is 5.95 Å². The highest BCUT2D eigenvalue weighted by molar-refractivity contribution is 6.30. The number of pyridine rings is 1. The number of nitrogens with zero attached hydrogens (tertiary/aromatic N) is 6. The molecule has 44 heavy (non-hydrogen) atoms. The Morgan fingerprint density at radius 1 is 0.932 bits per heavy atom. The fourth-order valence-corrected chi connectivity index (χ4v) is 7.51. The van der Waals surface area contributed by atoms with Crippen LogP contribution in [0.1, 0.15) is 60.9 Å². The van der Waals surface area contributed by atoms with E-state index in [1.54, 1.807) is 4.52 Å². The van der Waals surface area contributed by atoms with Crippen LogP contribution < -0.4 is 10.2 Å². The maximum absolute atomic E-state index is 13.5. The van der Waals surface area contributed by atoms with Crippen LogP contribution in [0.2, 0.25) is 5.02 Å². The molecule has 3 aliphatic rings. The molecule has 5 heterocycles. The van der Waals surface area contributed by atoms with Crippen LogP contribution in [0.3, 0.4) is 0 Å². The van der Waals surface area contributed by atoms with E-state index in [1.165, 1.54) is 19.3 Å². The van der Waals surface area contributed by atoms with Crippen molar-refractivity contribution >= 4 is 40.5 Å². The average molecular weight is 614 g/mol. The van der Waals surface area contributed by atoms with E-state index >= 15 is 0 Å². The fourth-order valence-electron chi connectivity index (χ4n) is 7.38. The molecule has 2 aromatic heterocycles.